The van der Waals surface area contributed by atoms with Crippen LogP contribution in [0.1, 0.15) is 25.7 Å². The number of hydrogen-bond acceptors (Lipinski definition) is 3. The normalized spacial score (nSPS) is 24.3. The second kappa shape index (κ2) is 4.98. The smallest absolute Gasteiger partial charge is 0.201 e. The van der Waals surface area contributed by atoms with Crippen LogP contribution in [0.2, 0.25) is 0 Å². The van der Waals surface area contributed by atoms with Gasteiger partial charge in [-0.05, 0) is 37.3 Å². The minimum Gasteiger partial charge on any atom is -0.393 e. The van der Waals surface area contributed by atoms with E-state index in [0.29, 0.717) is 5.92 Å². The minimum atomic E-state index is -0.110. The zero-order chi connectivity index (χ0) is 12.4. The zero-order valence-corrected chi connectivity index (χ0v) is 10.4. The first kappa shape index (κ1) is 11.5. The molecule has 2 atom stereocenters. The summed E-state index contributed by atoms with van der Waals surface area (Å²) < 4.78 is 0. The number of aliphatic hydroxyl groups excluding tert-OH is 1. The van der Waals surface area contributed by atoms with Crippen molar-refractivity contribution in [3.8, 4) is 0 Å². The number of nitrogens with one attached hydrogen (secondary N) is 2. The van der Waals surface area contributed by atoms with Crippen molar-refractivity contribution >= 4 is 17.0 Å². The van der Waals surface area contributed by atoms with Gasteiger partial charge in [0.15, 0.2) is 0 Å². The van der Waals surface area contributed by atoms with Gasteiger partial charge in [-0.3, -0.25) is 0 Å². The summed E-state index contributed by atoms with van der Waals surface area (Å²) in [5.74, 6) is 1.39. The van der Waals surface area contributed by atoms with Crippen molar-refractivity contribution < 1.29 is 5.11 Å². The predicted molar refractivity (Wildman–Crippen MR) is 72.5 cm³/mol. The Kier molecular flexibility index (Phi) is 3.19. The van der Waals surface area contributed by atoms with E-state index < -0.39 is 0 Å². The van der Waals surface area contributed by atoms with Gasteiger partial charge in [-0.1, -0.05) is 18.6 Å². The summed E-state index contributed by atoms with van der Waals surface area (Å²) in [5.41, 5.74) is 2.05. The molecule has 3 rings (SSSR count). The van der Waals surface area contributed by atoms with Crippen LogP contribution in [0.5, 0.6) is 0 Å². The lowest BCUT2D eigenvalue weighted by molar-refractivity contribution is 0.104. The number of aliphatic hydroxyl groups is 1. The first-order chi connectivity index (χ1) is 8.81. The Hall–Kier alpha value is -1.55. The van der Waals surface area contributed by atoms with Gasteiger partial charge >= 0.3 is 0 Å². The van der Waals surface area contributed by atoms with E-state index in [-0.39, 0.29) is 6.10 Å². The fourth-order valence-corrected chi connectivity index (χ4v) is 2.73. The van der Waals surface area contributed by atoms with E-state index in [1.54, 1.807) is 0 Å². The van der Waals surface area contributed by atoms with E-state index >= 15 is 0 Å². The van der Waals surface area contributed by atoms with Crippen molar-refractivity contribution in [3.63, 3.8) is 0 Å². The van der Waals surface area contributed by atoms with Gasteiger partial charge in [-0.15, -0.1) is 0 Å². The molecule has 1 heterocycles. The molecule has 1 aliphatic rings. The number of nitrogens with zero attached hydrogens (tertiary/aromatic N) is 1. The standard InChI is InChI=1S/C14H19N3O/c18-11-5-3-4-10(8-11)9-15-14-16-12-6-1-2-7-13(12)17-14/h1-2,6-7,10-11,18H,3-5,8-9H2,(H2,15,16,17). The van der Waals surface area contributed by atoms with Crippen LogP contribution in [0.3, 0.4) is 0 Å². The Morgan fingerprint density at radius 3 is 3.06 bits per heavy atom. The van der Waals surface area contributed by atoms with Gasteiger partial charge in [0, 0.05) is 6.54 Å². The molecule has 3 N–H and O–H groups in total. The monoisotopic (exact) mass is 245 g/mol. The third-order valence-corrected chi connectivity index (χ3v) is 3.70. The van der Waals surface area contributed by atoms with Crippen LogP contribution in [0.25, 0.3) is 11.0 Å². The summed E-state index contributed by atoms with van der Waals surface area (Å²) >= 11 is 0. The van der Waals surface area contributed by atoms with Gasteiger partial charge < -0.3 is 15.4 Å². The third-order valence-electron chi connectivity index (χ3n) is 3.70. The van der Waals surface area contributed by atoms with Crippen molar-refractivity contribution in [2.24, 2.45) is 5.92 Å². The minimum absolute atomic E-state index is 0.110. The van der Waals surface area contributed by atoms with Crippen LogP contribution >= 0.6 is 0 Å². The molecule has 2 aromatic rings. The van der Waals surface area contributed by atoms with Crippen LogP contribution in [-0.2, 0) is 0 Å². The maximum Gasteiger partial charge on any atom is 0.201 e. The number of fused-ring (bicyclic) bond motifs is 1. The molecule has 0 radical (unpaired) electrons. The Bertz CT molecular complexity index is 489. The number of benzene rings is 1. The Balaban J connectivity index is 1.62. The molecule has 1 saturated carbocycles. The average Bonchev–Trinajstić information content (AvgIpc) is 2.79. The van der Waals surface area contributed by atoms with Gasteiger partial charge in [-0.2, -0.15) is 0 Å². The van der Waals surface area contributed by atoms with Crippen LogP contribution in [0, 0.1) is 5.92 Å². The third kappa shape index (κ3) is 2.48. The molecule has 2 unspecified atom stereocenters. The fourth-order valence-electron chi connectivity index (χ4n) is 2.73. The summed E-state index contributed by atoms with van der Waals surface area (Å²) in [6.07, 6.45) is 4.09. The molecule has 0 aliphatic heterocycles. The van der Waals surface area contributed by atoms with Crippen molar-refractivity contribution in [3.05, 3.63) is 24.3 Å². The summed E-state index contributed by atoms with van der Waals surface area (Å²) in [6.45, 7) is 0.886. The second-order valence-electron chi connectivity index (χ2n) is 5.17. The predicted octanol–water partition coefficient (Wildman–Crippen LogP) is 2.53. The molecular formula is C14H19N3O. The molecule has 0 spiro atoms. The van der Waals surface area contributed by atoms with Gasteiger partial charge in [0.2, 0.25) is 5.95 Å². The average molecular weight is 245 g/mol. The molecule has 1 aromatic carbocycles. The number of imidazole rings is 1. The van der Waals surface area contributed by atoms with Crippen LogP contribution < -0.4 is 5.32 Å². The van der Waals surface area contributed by atoms with Crippen LogP contribution in [0.15, 0.2) is 24.3 Å². The highest BCUT2D eigenvalue weighted by Gasteiger charge is 2.20. The Morgan fingerprint density at radius 2 is 2.22 bits per heavy atom. The lowest BCUT2D eigenvalue weighted by Gasteiger charge is -2.25. The summed E-state index contributed by atoms with van der Waals surface area (Å²) in [6, 6.07) is 8.02. The Morgan fingerprint density at radius 1 is 1.33 bits per heavy atom. The first-order valence-electron chi connectivity index (χ1n) is 6.68. The number of hydrogen-bond donors (Lipinski definition) is 3. The molecule has 4 heteroatoms. The van der Waals surface area contributed by atoms with E-state index in [1.165, 1.54) is 6.42 Å². The molecule has 0 amide bonds. The van der Waals surface area contributed by atoms with Gasteiger partial charge in [0.25, 0.3) is 0 Å². The number of para-hydroxylation sites is 2. The summed E-state index contributed by atoms with van der Waals surface area (Å²) in [5, 5.41) is 13.0. The maximum absolute atomic E-state index is 9.64. The second-order valence-corrected chi connectivity index (χ2v) is 5.17. The number of rotatable bonds is 3. The molecule has 1 aliphatic carbocycles. The Labute approximate surface area is 106 Å². The molecule has 1 aromatic heterocycles. The molecule has 96 valence electrons. The SMILES string of the molecule is OC1CCCC(CNc2nc3ccccc3[nH]2)C1. The quantitative estimate of drug-likeness (QED) is 0.778. The number of aromatic nitrogens is 2. The first-order valence-corrected chi connectivity index (χ1v) is 6.68. The molecule has 18 heavy (non-hydrogen) atoms. The van der Waals surface area contributed by atoms with Crippen molar-refractivity contribution in [1.29, 1.82) is 0 Å². The van der Waals surface area contributed by atoms with Gasteiger partial charge in [0.1, 0.15) is 0 Å². The maximum atomic E-state index is 9.64. The van der Waals surface area contributed by atoms with Gasteiger partial charge in [-0.25, -0.2) is 4.98 Å². The van der Waals surface area contributed by atoms with Crippen LogP contribution in [-0.4, -0.2) is 27.7 Å². The highest BCUT2D eigenvalue weighted by atomic mass is 16.3. The van der Waals surface area contributed by atoms with E-state index in [0.717, 1.165) is 42.8 Å². The number of anilines is 1. The largest absolute Gasteiger partial charge is 0.393 e. The topological polar surface area (TPSA) is 60.9 Å². The summed E-state index contributed by atoms with van der Waals surface area (Å²) in [7, 11) is 0. The highest BCUT2D eigenvalue weighted by Crippen LogP contribution is 2.24. The number of H-pyrrole nitrogens is 1. The zero-order valence-electron chi connectivity index (χ0n) is 10.4. The van der Waals surface area contributed by atoms with Crippen molar-refractivity contribution in [2.45, 2.75) is 31.8 Å². The fraction of sp³-hybridized carbons (Fsp3) is 0.500. The molecule has 4 nitrogen and oxygen atoms in total. The van der Waals surface area contributed by atoms with Gasteiger partial charge in [0.05, 0.1) is 17.1 Å². The molecule has 0 saturated heterocycles. The summed E-state index contributed by atoms with van der Waals surface area (Å²) in [4.78, 5) is 7.75. The van der Waals surface area contributed by atoms with E-state index in [9.17, 15) is 5.11 Å². The van der Waals surface area contributed by atoms with Crippen molar-refractivity contribution in [2.75, 3.05) is 11.9 Å². The van der Waals surface area contributed by atoms with Crippen molar-refractivity contribution in [1.82, 2.24) is 9.97 Å². The van der Waals surface area contributed by atoms with E-state index in [1.807, 2.05) is 24.3 Å². The molecular weight excluding hydrogens is 226 g/mol. The molecule has 1 fully saturated rings. The van der Waals surface area contributed by atoms with E-state index in [2.05, 4.69) is 15.3 Å². The molecule has 0 bridgehead atoms. The number of aromatic amines is 1. The highest BCUT2D eigenvalue weighted by molar-refractivity contribution is 5.77. The van der Waals surface area contributed by atoms with Crippen LogP contribution in [0.4, 0.5) is 5.95 Å². The lowest BCUT2D eigenvalue weighted by atomic mass is 9.87. The lowest BCUT2D eigenvalue weighted by Crippen LogP contribution is -2.25. The van der Waals surface area contributed by atoms with E-state index in [4.69, 9.17) is 0 Å².